The van der Waals surface area contributed by atoms with Crippen molar-refractivity contribution >= 4 is 52.0 Å². The summed E-state index contributed by atoms with van der Waals surface area (Å²) in [5.74, 6) is 1.56. The smallest absolute Gasteiger partial charge is 0.160 e. The zero-order valence-corrected chi connectivity index (χ0v) is 14.2. The van der Waals surface area contributed by atoms with Crippen LogP contribution in [0.15, 0.2) is 42.9 Å². The van der Waals surface area contributed by atoms with Crippen molar-refractivity contribution in [2.75, 3.05) is 16.4 Å². The number of nitrogens with one attached hydrogen (secondary N) is 2. The number of nitrogen functional groups attached to an aromatic ring is 1. The molecule has 6 nitrogen and oxygen atoms in total. The predicted octanol–water partition coefficient (Wildman–Crippen LogP) is 4.56. The van der Waals surface area contributed by atoms with Crippen molar-refractivity contribution in [2.24, 2.45) is 0 Å². The van der Waals surface area contributed by atoms with Crippen LogP contribution in [-0.4, -0.2) is 15.0 Å². The topological polar surface area (TPSA) is 88.8 Å². The van der Waals surface area contributed by atoms with Crippen LogP contribution >= 0.6 is 23.2 Å². The third-order valence-electron chi connectivity index (χ3n) is 3.22. The number of nitrogens with two attached hydrogens (primary N) is 1. The molecule has 1 aromatic carbocycles. The van der Waals surface area contributed by atoms with E-state index in [2.05, 4.69) is 25.6 Å². The van der Waals surface area contributed by atoms with Crippen LogP contribution in [0.4, 0.5) is 28.8 Å². The van der Waals surface area contributed by atoms with Crippen molar-refractivity contribution in [2.45, 2.75) is 6.92 Å². The fraction of sp³-hybridized carbons (Fsp3) is 0.0625. The number of hydrogen-bond donors (Lipinski definition) is 3. The first kappa shape index (κ1) is 16.3. The van der Waals surface area contributed by atoms with E-state index in [0.717, 1.165) is 5.56 Å². The summed E-state index contributed by atoms with van der Waals surface area (Å²) >= 11 is 11.9. The number of rotatable bonds is 4. The number of halogens is 2. The Morgan fingerprint density at radius 2 is 1.67 bits per heavy atom. The zero-order chi connectivity index (χ0) is 17.1. The highest BCUT2D eigenvalue weighted by atomic mass is 35.5. The van der Waals surface area contributed by atoms with E-state index in [0.29, 0.717) is 38.9 Å². The second-order valence-corrected chi connectivity index (χ2v) is 5.90. The van der Waals surface area contributed by atoms with Crippen LogP contribution in [0.3, 0.4) is 0 Å². The van der Waals surface area contributed by atoms with Gasteiger partial charge in [-0.05, 0) is 36.8 Å². The molecular weight excluding hydrogens is 347 g/mol. The van der Waals surface area contributed by atoms with Gasteiger partial charge in [-0.25, -0.2) is 15.0 Å². The molecule has 0 radical (unpaired) electrons. The van der Waals surface area contributed by atoms with E-state index in [-0.39, 0.29) is 0 Å². The predicted molar refractivity (Wildman–Crippen MR) is 98.4 cm³/mol. The average Bonchev–Trinajstić information content (AvgIpc) is 2.57. The van der Waals surface area contributed by atoms with Crippen LogP contribution in [0, 0.1) is 6.92 Å². The van der Waals surface area contributed by atoms with Crippen LogP contribution in [0.5, 0.6) is 0 Å². The Morgan fingerprint density at radius 3 is 2.33 bits per heavy atom. The molecular formula is C16H14Cl2N6. The molecule has 0 atom stereocenters. The molecule has 0 fully saturated rings. The summed E-state index contributed by atoms with van der Waals surface area (Å²) in [6.45, 7) is 1.97. The van der Waals surface area contributed by atoms with Gasteiger partial charge in [-0.15, -0.1) is 0 Å². The van der Waals surface area contributed by atoms with E-state index in [4.69, 9.17) is 28.9 Å². The lowest BCUT2D eigenvalue weighted by atomic mass is 10.3. The molecule has 2 heterocycles. The molecule has 8 heteroatoms. The summed E-state index contributed by atoms with van der Waals surface area (Å²) in [6.07, 6.45) is 3.17. The number of pyridine rings is 1. The maximum atomic E-state index is 6.14. The van der Waals surface area contributed by atoms with Gasteiger partial charge in [0.25, 0.3) is 0 Å². The van der Waals surface area contributed by atoms with Gasteiger partial charge in [-0.2, -0.15) is 0 Å². The average molecular weight is 361 g/mol. The molecule has 0 aliphatic heterocycles. The van der Waals surface area contributed by atoms with Gasteiger partial charge < -0.3 is 16.4 Å². The highest BCUT2D eigenvalue weighted by Gasteiger charge is 2.10. The van der Waals surface area contributed by atoms with Crippen LogP contribution in [0.1, 0.15) is 5.56 Å². The van der Waals surface area contributed by atoms with Crippen LogP contribution < -0.4 is 16.4 Å². The fourth-order valence-corrected chi connectivity index (χ4v) is 2.27. The molecule has 0 spiro atoms. The van der Waals surface area contributed by atoms with E-state index in [9.17, 15) is 0 Å². The Bertz CT molecular complexity index is 867. The molecule has 0 aliphatic carbocycles. The fourth-order valence-electron chi connectivity index (χ4n) is 1.97. The largest absolute Gasteiger partial charge is 0.393 e. The van der Waals surface area contributed by atoms with Crippen LogP contribution in [0.2, 0.25) is 10.0 Å². The Balaban J connectivity index is 1.84. The Morgan fingerprint density at radius 1 is 0.917 bits per heavy atom. The molecule has 0 saturated carbocycles. The molecule has 0 unspecified atom stereocenters. The van der Waals surface area contributed by atoms with Gasteiger partial charge in [-0.3, -0.25) is 0 Å². The van der Waals surface area contributed by atoms with Crippen molar-refractivity contribution in [1.29, 1.82) is 0 Å². The Kier molecular flexibility index (Phi) is 4.69. The molecule has 0 bridgehead atoms. The highest BCUT2D eigenvalue weighted by molar-refractivity contribution is 6.42. The lowest BCUT2D eigenvalue weighted by Crippen LogP contribution is -2.05. The molecule has 0 amide bonds. The number of aromatic nitrogens is 3. The number of anilines is 5. The van der Waals surface area contributed by atoms with Crippen molar-refractivity contribution in [1.82, 2.24) is 15.0 Å². The number of nitrogens with zero attached hydrogens (tertiary/aromatic N) is 3. The molecule has 3 aromatic rings. The quantitative estimate of drug-likeness (QED) is 0.632. The first-order valence-corrected chi connectivity index (χ1v) is 7.81. The lowest BCUT2D eigenvalue weighted by Gasteiger charge is -2.12. The number of hydrogen-bond acceptors (Lipinski definition) is 6. The molecule has 2 aromatic heterocycles. The summed E-state index contributed by atoms with van der Waals surface area (Å²) in [6, 6.07) is 8.97. The summed E-state index contributed by atoms with van der Waals surface area (Å²) in [7, 11) is 0. The second-order valence-electron chi connectivity index (χ2n) is 5.08. The lowest BCUT2D eigenvalue weighted by molar-refractivity contribution is 1.16. The molecule has 4 N–H and O–H groups in total. The van der Waals surface area contributed by atoms with E-state index >= 15 is 0 Å². The van der Waals surface area contributed by atoms with Crippen molar-refractivity contribution < 1.29 is 0 Å². The maximum Gasteiger partial charge on any atom is 0.160 e. The Labute approximate surface area is 149 Å². The maximum absolute atomic E-state index is 6.14. The second kappa shape index (κ2) is 6.90. The zero-order valence-electron chi connectivity index (χ0n) is 12.7. The molecule has 0 saturated heterocycles. The van der Waals surface area contributed by atoms with Gasteiger partial charge in [0.1, 0.15) is 17.8 Å². The Hall–Kier alpha value is -2.57. The SMILES string of the molecule is Cc1ccc(Nc2ncnc(Nc3ccc(Cl)c(Cl)c3)c2N)nc1. The van der Waals surface area contributed by atoms with Gasteiger partial charge in [-0.1, -0.05) is 29.3 Å². The van der Waals surface area contributed by atoms with E-state index in [1.54, 1.807) is 24.4 Å². The first-order valence-electron chi connectivity index (χ1n) is 7.05. The number of benzene rings is 1. The van der Waals surface area contributed by atoms with E-state index in [1.807, 2.05) is 19.1 Å². The monoisotopic (exact) mass is 360 g/mol. The minimum absolute atomic E-state index is 0.367. The van der Waals surface area contributed by atoms with Gasteiger partial charge >= 0.3 is 0 Å². The van der Waals surface area contributed by atoms with E-state index in [1.165, 1.54) is 6.33 Å². The minimum atomic E-state index is 0.367. The van der Waals surface area contributed by atoms with Gasteiger partial charge in [0.2, 0.25) is 0 Å². The van der Waals surface area contributed by atoms with Gasteiger partial charge in [0, 0.05) is 11.9 Å². The van der Waals surface area contributed by atoms with Crippen LogP contribution in [0.25, 0.3) is 0 Å². The van der Waals surface area contributed by atoms with E-state index < -0.39 is 0 Å². The molecule has 3 rings (SSSR count). The van der Waals surface area contributed by atoms with Gasteiger partial charge in [0.15, 0.2) is 11.6 Å². The first-order chi connectivity index (χ1) is 11.5. The van der Waals surface area contributed by atoms with Crippen molar-refractivity contribution in [3.8, 4) is 0 Å². The highest BCUT2D eigenvalue weighted by Crippen LogP contribution is 2.30. The third kappa shape index (κ3) is 3.67. The summed E-state index contributed by atoms with van der Waals surface area (Å²) in [5.41, 5.74) is 8.29. The van der Waals surface area contributed by atoms with Gasteiger partial charge in [0.05, 0.1) is 10.0 Å². The summed E-state index contributed by atoms with van der Waals surface area (Å²) in [5, 5.41) is 7.09. The molecule has 24 heavy (non-hydrogen) atoms. The third-order valence-corrected chi connectivity index (χ3v) is 3.96. The minimum Gasteiger partial charge on any atom is -0.393 e. The summed E-state index contributed by atoms with van der Waals surface area (Å²) in [4.78, 5) is 12.6. The van der Waals surface area contributed by atoms with Crippen LogP contribution in [-0.2, 0) is 0 Å². The standard InChI is InChI=1S/C16H14Cl2N6/c1-9-2-5-13(20-7-9)24-16-14(19)15(21-8-22-16)23-10-3-4-11(17)12(18)6-10/h2-8H,19H2,1H3,(H2,20,21,22,23,24). The van der Waals surface area contributed by atoms with Crippen molar-refractivity contribution in [3.63, 3.8) is 0 Å². The summed E-state index contributed by atoms with van der Waals surface area (Å²) < 4.78 is 0. The normalized spacial score (nSPS) is 10.5. The molecule has 0 aliphatic rings. The number of aryl methyl sites for hydroxylation is 1. The molecule has 122 valence electrons. The van der Waals surface area contributed by atoms with Crippen molar-refractivity contribution in [3.05, 3.63) is 58.5 Å².